The van der Waals surface area contributed by atoms with Gasteiger partial charge in [0.2, 0.25) is 0 Å². The molecule has 0 aromatic carbocycles. The number of aromatic nitrogens is 3. The van der Waals surface area contributed by atoms with E-state index in [1.54, 1.807) is 17.0 Å². The molecule has 0 fully saturated rings. The molecule has 2 heterocycles. The fourth-order valence-electron chi connectivity index (χ4n) is 1.56. The molecular formula is C11H12FN3O. The molecule has 16 heavy (non-hydrogen) atoms. The largest absolute Gasteiger partial charge is 0.379 e. The molecule has 0 saturated carbocycles. The molecule has 0 amide bonds. The number of aryl methyl sites for hydroxylation is 1. The van der Waals surface area contributed by atoms with E-state index in [4.69, 9.17) is 0 Å². The number of aliphatic hydroxyl groups is 1. The van der Waals surface area contributed by atoms with Crippen molar-refractivity contribution in [2.75, 3.05) is 0 Å². The lowest BCUT2D eigenvalue weighted by molar-refractivity contribution is 0.194. The summed E-state index contributed by atoms with van der Waals surface area (Å²) in [6, 6.07) is 2.75. The van der Waals surface area contributed by atoms with Crippen molar-refractivity contribution >= 4 is 0 Å². The molecular weight excluding hydrogens is 209 g/mol. The summed E-state index contributed by atoms with van der Waals surface area (Å²) in [6.07, 6.45) is 3.62. The Hall–Kier alpha value is -1.75. The van der Waals surface area contributed by atoms with E-state index in [-0.39, 0.29) is 5.69 Å². The molecule has 1 N–H and O–H groups in total. The minimum absolute atomic E-state index is 0.00315. The Morgan fingerprint density at radius 3 is 2.94 bits per heavy atom. The van der Waals surface area contributed by atoms with Gasteiger partial charge >= 0.3 is 0 Å². The van der Waals surface area contributed by atoms with E-state index in [0.29, 0.717) is 12.4 Å². The van der Waals surface area contributed by atoms with Crippen LogP contribution in [0.2, 0.25) is 0 Å². The SMILES string of the molecule is CCn1ccnc1C(O)c1ncccc1F. The van der Waals surface area contributed by atoms with Crippen LogP contribution in [0, 0.1) is 5.82 Å². The lowest BCUT2D eigenvalue weighted by Crippen LogP contribution is -2.11. The number of nitrogens with zero attached hydrogens (tertiary/aromatic N) is 3. The maximum absolute atomic E-state index is 13.4. The highest BCUT2D eigenvalue weighted by atomic mass is 19.1. The minimum atomic E-state index is -1.13. The van der Waals surface area contributed by atoms with Crippen molar-refractivity contribution in [3.05, 3.63) is 48.1 Å². The number of halogens is 1. The van der Waals surface area contributed by atoms with Crippen LogP contribution in [0.4, 0.5) is 4.39 Å². The van der Waals surface area contributed by atoms with Gasteiger partial charge in [-0.3, -0.25) is 4.98 Å². The van der Waals surface area contributed by atoms with Crippen LogP contribution in [-0.2, 0) is 6.54 Å². The second-order valence-electron chi connectivity index (χ2n) is 3.34. The molecule has 0 spiro atoms. The summed E-state index contributed by atoms with van der Waals surface area (Å²) in [4.78, 5) is 7.84. The Kier molecular flexibility index (Phi) is 2.96. The summed E-state index contributed by atoms with van der Waals surface area (Å²) in [7, 11) is 0. The molecule has 4 nitrogen and oxygen atoms in total. The first-order valence-corrected chi connectivity index (χ1v) is 5.03. The molecule has 0 radical (unpaired) electrons. The maximum atomic E-state index is 13.4. The van der Waals surface area contributed by atoms with E-state index >= 15 is 0 Å². The summed E-state index contributed by atoms with van der Waals surface area (Å²) >= 11 is 0. The van der Waals surface area contributed by atoms with Gasteiger partial charge in [0, 0.05) is 25.1 Å². The molecule has 2 rings (SSSR count). The van der Waals surface area contributed by atoms with E-state index in [2.05, 4.69) is 9.97 Å². The molecule has 0 bridgehead atoms. The summed E-state index contributed by atoms with van der Waals surface area (Å²) < 4.78 is 15.2. The van der Waals surface area contributed by atoms with Gasteiger partial charge in [-0.25, -0.2) is 9.37 Å². The molecule has 1 atom stereocenters. The van der Waals surface area contributed by atoms with Crippen LogP contribution in [-0.4, -0.2) is 19.6 Å². The van der Waals surface area contributed by atoms with E-state index in [9.17, 15) is 9.50 Å². The van der Waals surface area contributed by atoms with Crippen LogP contribution in [0.25, 0.3) is 0 Å². The zero-order chi connectivity index (χ0) is 11.5. The first-order chi connectivity index (χ1) is 7.74. The van der Waals surface area contributed by atoms with Gasteiger partial charge in [0.05, 0.1) is 0 Å². The van der Waals surface area contributed by atoms with Crippen molar-refractivity contribution in [3.8, 4) is 0 Å². The predicted octanol–water partition coefficient (Wildman–Crippen LogP) is 1.52. The first kappa shape index (κ1) is 10.8. The lowest BCUT2D eigenvalue weighted by atomic mass is 10.2. The maximum Gasteiger partial charge on any atom is 0.156 e. The molecule has 84 valence electrons. The summed E-state index contributed by atoms with van der Waals surface area (Å²) in [5.41, 5.74) is 0.00315. The molecule has 1 unspecified atom stereocenters. The Morgan fingerprint density at radius 1 is 1.44 bits per heavy atom. The number of pyridine rings is 1. The van der Waals surface area contributed by atoms with Crippen molar-refractivity contribution < 1.29 is 9.50 Å². The van der Waals surface area contributed by atoms with Crippen molar-refractivity contribution in [1.82, 2.24) is 14.5 Å². The number of imidazole rings is 1. The van der Waals surface area contributed by atoms with E-state index in [1.807, 2.05) is 6.92 Å². The van der Waals surface area contributed by atoms with Crippen LogP contribution in [0.1, 0.15) is 24.5 Å². The zero-order valence-electron chi connectivity index (χ0n) is 8.84. The summed E-state index contributed by atoms with van der Waals surface area (Å²) in [5.74, 6) is -0.124. The number of hydrogen-bond donors (Lipinski definition) is 1. The molecule has 0 aliphatic heterocycles. The van der Waals surface area contributed by atoms with Gasteiger partial charge < -0.3 is 9.67 Å². The van der Waals surface area contributed by atoms with Crippen LogP contribution in [0.5, 0.6) is 0 Å². The minimum Gasteiger partial charge on any atom is -0.379 e. The summed E-state index contributed by atoms with van der Waals surface area (Å²) in [5, 5.41) is 9.99. The van der Waals surface area contributed by atoms with Gasteiger partial charge in [0.15, 0.2) is 6.10 Å². The first-order valence-electron chi connectivity index (χ1n) is 5.03. The highest BCUT2D eigenvalue weighted by Crippen LogP contribution is 2.20. The normalized spacial score (nSPS) is 12.7. The standard InChI is InChI=1S/C11H12FN3O/c1-2-15-7-6-14-11(15)10(16)9-8(12)4-3-5-13-9/h3-7,10,16H,2H2,1H3. The number of hydrogen-bond acceptors (Lipinski definition) is 3. The summed E-state index contributed by atoms with van der Waals surface area (Å²) in [6.45, 7) is 2.59. The van der Waals surface area contributed by atoms with Gasteiger partial charge in [-0.1, -0.05) is 0 Å². The molecule has 0 aliphatic rings. The fraction of sp³-hybridized carbons (Fsp3) is 0.273. The average Bonchev–Trinajstić information content (AvgIpc) is 2.77. The zero-order valence-corrected chi connectivity index (χ0v) is 8.84. The number of aliphatic hydroxyl groups excluding tert-OH is 1. The molecule has 2 aromatic heterocycles. The molecule has 0 aliphatic carbocycles. The molecule has 0 saturated heterocycles. The second kappa shape index (κ2) is 4.40. The van der Waals surface area contributed by atoms with Gasteiger partial charge in [-0.05, 0) is 19.1 Å². The van der Waals surface area contributed by atoms with Gasteiger partial charge in [-0.2, -0.15) is 0 Å². The third kappa shape index (κ3) is 1.81. The lowest BCUT2D eigenvalue weighted by Gasteiger charge is -2.11. The molecule has 5 heteroatoms. The highest BCUT2D eigenvalue weighted by molar-refractivity contribution is 5.17. The van der Waals surface area contributed by atoms with Crippen molar-refractivity contribution in [2.24, 2.45) is 0 Å². The third-order valence-corrected chi connectivity index (χ3v) is 2.38. The Bertz CT molecular complexity index is 484. The van der Waals surface area contributed by atoms with Gasteiger partial charge in [0.25, 0.3) is 0 Å². The van der Waals surface area contributed by atoms with E-state index in [1.165, 1.54) is 18.3 Å². The average molecular weight is 221 g/mol. The van der Waals surface area contributed by atoms with Crippen LogP contribution >= 0.6 is 0 Å². The van der Waals surface area contributed by atoms with Gasteiger partial charge in [-0.15, -0.1) is 0 Å². The molecule has 2 aromatic rings. The van der Waals surface area contributed by atoms with E-state index in [0.717, 1.165) is 0 Å². The smallest absolute Gasteiger partial charge is 0.156 e. The topological polar surface area (TPSA) is 50.9 Å². The fourth-order valence-corrected chi connectivity index (χ4v) is 1.56. The quantitative estimate of drug-likeness (QED) is 0.854. The Balaban J connectivity index is 2.39. The monoisotopic (exact) mass is 221 g/mol. The predicted molar refractivity (Wildman–Crippen MR) is 56.2 cm³/mol. The van der Waals surface area contributed by atoms with Crippen molar-refractivity contribution in [2.45, 2.75) is 19.6 Å². The van der Waals surface area contributed by atoms with Crippen LogP contribution < -0.4 is 0 Å². The van der Waals surface area contributed by atoms with Crippen LogP contribution in [0.3, 0.4) is 0 Å². The van der Waals surface area contributed by atoms with E-state index < -0.39 is 11.9 Å². The Labute approximate surface area is 92.4 Å². The third-order valence-electron chi connectivity index (χ3n) is 2.38. The second-order valence-corrected chi connectivity index (χ2v) is 3.34. The Morgan fingerprint density at radius 2 is 2.25 bits per heavy atom. The number of rotatable bonds is 3. The highest BCUT2D eigenvalue weighted by Gasteiger charge is 2.20. The van der Waals surface area contributed by atoms with Crippen LogP contribution in [0.15, 0.2) is 30.7 Å². The van der Waals surface area contributed by atoms with Gasteiger partial charge in [0.1, 0.15) is 17.3 Å². The van der Waals surface area contributed by atoms with Crippen molar-refractivity contribution in [1.29, 1.82) is 0 Å². The van der Waals surface area contributed by atoms with Crippen molar-refractivity contribution in [3.63, 3.8) is 0 Å².